The predicted molar refractivity (Wildman–Crippen MR) is 85.9 cm³/mol. The Morgan fingerprint density at radius 3 is 2.04 bits per heavy atom. The first-order chi connectivity index (χ1) is 11.0. The lowest BCUT2D eigenvalue weighted by Gasteiger charge is -2.00. The fourth-order valence-corrected chi connectivity index (χ4v) is 4.32. The number of hydrogen-bond donors (Lipinski definition) is 0. The van der Waals surface area contributed by atoms with Crippen LogP contribution in [0.2, 0.25) is 0 Å². The van der Waals surface area contributed by atoms with Crippen molar-refractivity contribution in [2.45, 2.75) is 45.0 Å². The molecule has 1 aromatic carbocycles. The summed E-state index contributed by atoms with van der Waals surface area (Å²) in [6, 6.07) is 7.25. The molecule has 0 amide bonds. The molecule has 0 aliphatic carbocycles. The van der Waals surface area contributed by atoms with E-state index in [4.69, 9.17) is 0 Å². The van der Waals surface area contributed by atoms with Gasteiger partial charge in [-0.1, -0.05) is 26.3 Å². The molecule has 1 heterocycles. The molecule has 0 aliphatic heterocycles. The van der Waals surface area contributed by atoms with Crippen LogP contribution in [0.15, 0.2) is 24.3 Å². The second-order valence-corrected chi connectivity index (χ2v) is 7.23. The van der Waals surface area contributed by atoms with E-state index >= 15 is 0 Å². The van der Waals surface area contributed by atoms with E-state index in [1.54, 1.807) is 12.1 Å². The van der Waals surface area contributed by atoms with Crippen molar-refractivity contribution in [2.24, 2.45) is 0 Å². The number of fused-ring (bicyclic) bond motifs is 1. The van der Waals surface area contributed by atoms with Crippen LogP contribution in [-0.4, -0.2) is 7.25 Å². The standard InChI is InChI=1S/C15H18F3S.BF4/c1-3-5-6-13-10-12-8-7-11(4-2)9-14(12)19(13)15(16,17)18;2-1(3,4)5/h7-10H,3-6H2,1-2H3;/q+1;-1. The van der Waals surface area contributed by atoms with Gasteiger partial charge in [0.25, 0.3) is 0 Å². The molecule has 0 bridgehead atoms. The molecule has 2 rings (SSSR count). The molecule has 2 aromatic rings. The third-order valence-electron chi connectivity index (χ3n) is 3.29. The molecule has 0 saturated heterocycles. The maximum Gasteiger partial charge on any atom is 0.673 e. The van der Waals surface area contributed by atoms with Crippen LogP contribution in [0.5, 0.6) is 0 Å². The molecule has 0 saturated carbocycles. The van der Waals surface area contributed by atoms with Gasteiger partial charge in [0.05, 0.1) is 10.5 Å². The summed E-state index contributed by atoms with van der Waals surface area (Å²) in [7, 11) is -7.71. The van der Waals surface area contributed by atoms with Crippen LogP contribution < -0.4 is 0 Å². The van der Waals surface area contributed by atoms with Crippen LogP contribution in [0.4, 0.5) is 30.4 Å². The molecule has 9 heteroatoms. The Hall–Kier alpha value is -1.25. The van der Waals surface area contributed by atoms with Gasteiger partial charge in [-0.25, -0.2) is 0 Å². The first-order valence-electron chi connectivity index (χ1n) is 7.49. The highest BCUT2D eigenvalue weighted by atomic mass is 32.2. The average molecular weight is 374 g/mol. The monoisotopic (exact) mass is 374 g/mol. The maximum absolute atomic E-state index is 13.3. The van der Waals surface area contributed by atoms with Crippen LogP contribution in [0, 0.1) is 0 Å². The largest absolute Gasteiger partial charge is 0.673 e. The van der Waals surface area contributed by atoms with E-state index in [9.17, 15) is 30.4 Å². The van der Waals surface area contributed by atoms with Crippen molar-refractivity contribution in [1.82, 2.24) is 0 Å². The molecule has 24 heavy (non-hydrogen) atoms. The van der Waals surface area contributed by atoms with Gasteiger partial charge in [0.15, 0.2) is 9.58 Å². The van der Waals surface area contributed by atoms with Crippen molar-refractivity contribution in [3.8, 4) is 0 Å². The van der Waals surface area contributed by atoms with Gasteiger partial charge in [-0.2, -0.15) is 0 Å². The average Bonchev–Trinajstić information content (AvgIpc) is 2.80. The number of halogens is 7. The molecular formula is C15H18BF7S. The zero-order valence-electron chi connectivity index (χ0n) is 13.3. The van der Waals surface area contributed by atoms with Gasteiger partial charge in [-0.15, -0.1) is 13.2 Å². The van der Waals surface area contributed by atoms with Crippen LogP contribution in [0.25, 0.3) is 10.1 Å². The van der Waals surface area contributed by atoms with E-state index in [0.29, 0.717) is 16.0 Å². The maximum atomic E-state index is 13.3. The molecule has 0 aliphatic rings. The van der Waals surface area contributed by atoms with E-state index in [2.05, 4.69) is 0 Å². The van der Waals surface area contributed by atoms with Crippen molar-refractivity contribution in [3.63, 3.8) is 0 Å². The highest BCUT2D eigenvalue weighted by Crippen LogP contribution is 2.51. The summed E-state index contributed by atoms with van der Waals surface area (Å²) >= 11 is 0. The predicted octanol–water partition coefficient (Wildman–Crippen LogP) is 7.27. The minimum Gasteiger partial charge on any atom is -0.418 e. The molecule has 0 radical (unpaired) electrons. The van der Waals surface area contributed by atoms with E-state index < -0.39 is 23.2 Å². The Kier molecular flexibility index (Phi) is 7.13. The van der Waals surface area contributed by atoms with Crippen molar-refractivity contribution in [2.75, 3.05) is 0 Å². The van der Waals surface area contributed by atoms with Crippen LogP contribution in [-0.2, 0) is 18.3 Å². The minimum atomic E-state index is -6.00. The Morgan fingerprint density at radius 2 is 1.58 bits per heavy atom. The molecule has 136 valence electrons. The summed E-state index contributed by atoms with van der Waals surface area (Å²) in [5.41, 5.74) is -3.18. The van der Waals surface area contributed by atoms with Gasteiger partial charge in [-0.05, 0) is 24.5 Å². The first kappa shape index (κ1) is 20.8. The first-order valence-corrected chi connectivity index (χ1v) is 8.71. The number of benzene rings is 1. The van der Waals surface area contributed by atoms with Crippen LogP contribution in [0.3, 0.4) is 0 Å². The summed E-state index contributed by atoms with van der Waals surface area (Å²) < 4.78 is 79.4. The Bertz CT molecular complexity index is 652. The molecule has 1 atom stereocenters. The highest BCUT2D eigenvalue weighted by Gasteiger charge is 2.47. The molecule has 0 N–H and O–H groups in total. The summed E-state index contributed by atoms with van der Waals surface area (Å²) in [4.78, 5) is 0.553. The fraction of sp³-hybridized carbons (Fsp3) is 0.467. The molecular weight excluding hydrogens is 356 g/mol. The van der Waals surface area contributed by atoms with E-state index in [0.717, 1.165) is 30.2 Å². The zero-order valence-corrected chi connectivity index (χ0v) is 14.1. The second-order valence-electron chi connectivity index (χ2n) is 5.19. The summed E-state index contributed by atoms with van der Waals surface area (Å²) in [6.07, 6.45) is 3.06. The number of alkyl halides is 3. The number of rotatable bonds is 4. The molecule has 0 spiro atoms. The molecule has 1 unspecified atom stereocenters. The lowest BCUT2D eigenvalue weighted by Crippen LogP contribution is -2.02. The van der Waals surface area contributed by atoms with Crippen molar-refractivity contribution < 1.29 is 30.4 Å². The molecule has 1 aromatic heterocycles. The van der Waals surface area contributed by atoms with E-state index in [-0.39, 0.29) is 0 Å². The van der Waals surface area contributed by atoms with E-state index in [1.807, 2.05) is 26.0 Å². The SMILES string of the molecule is CCCCc1cc2ccc(CC)cc2[s+]1C(F)(F)F.F[B-](F)(F)F. The summed E-state index contributed by atoms with van der Waals surface area (Å²) in [5.74, 6) is 0. The Balaban J connectivity index is 0.000000505. The van der Waals surface area contributed by atoms with Gasteiger partial charge >= 0.3 is 12.8 Å². The summed E-state index contributed by atoms with van der Waals surface area (Å²) in [6.45, 7) is 3.97. The second kappa shape index (κ2) is 8.22. The van der Waals surface area contributed by atoms with Crippen molar-refractivity contribution in [1.29, 1.82) is 0 Å². The lowest BCUT2D eigenvalue weighted by molar-refractivity contribution is -0.0867. The number of aryl methyl sites for hydroxylation is 2. The minimum absolute atomic E-state index is 0.470. The number of thiophene rings is 1. The molecule has 0 nitrogen and oxygen atoms in total. The smallest absolute Gasteiger partial charge is 0.418 e. The zero-order chi connectivity index (χ0) is 18.5. The van der Waals surface area contributed by atoms with Gasteiger partial charge in [-0.3, -0.25) is 0 Å². The van der Waals surface area contributed by atoms with Crippen molar-refractivity contribution >= 4 is 27.8 Å². The van der Waals surface area contributed by atoms with Crippen LogP contribution in [0.1, 0.15) is 37.1 Å². The van der Waals surface area contributed by atoms with Gasteiger partial charge in [0.1, 0.15) is 0 Å². The third-order valence-corrected chi connectivity index (χ3v) is 5.40. The van der Waals surface area contributed by atoms with Gasteiger partial charge < -0.3 is 17.3 Å². The highest BCUT2D eigenvalue weighted by molar-refractivity contribution is 7.38. The fourth-order valence-electron chi connectivity index (χ4n) is 2.27. The number of unbranched alkanes of at least 4 members (excludes halogenated alkanes) is 1. The van der Waals surface area contributed by atoms with Crippen LogP contribution >= 0.6 is 10.5 Å². The lowest BCUT2D eigenvalue weighted by atomic mass is 10.1. The Labute approximate surface area is 138 Å². The van der Waals surface area contributed by atoms with E-state index in [1.165, 1.54) is 0 Å². The number of hydrogen-bond acceptors (Lipinski definition) is 0. The normalized spacial score (nSPS) is 13.0. The topological polar surface area (TPSA) is 0 Å². The third kappa shape index (κ3) is 6.34. The van der Waals surface area contributed by atoms with Crippen molar-refractivity contribution in [3.05, 3.63) is 34.7 Å². The Morgan fingerprint density at radius 1 is 1.00 bits per heavy atom. The molecule has 0 fully saturated rings. The summed E-state index contributed by atoms with van der Waals surface area (Å²) in [5, 5.41) is 0.754. The van der Waals surface area contributed by atoms with Gasteiger partial charge in [0, 0.05) is 23.9 Å². The van der Waals surface area contributed by atoms with Gasteiger partial charge in [0.2, 0.25) is 0 Å². The quantitative estimate of drug-likeness (QED) is 0.300.